The summed E-state index contributed by atoms with van der Waals surface area (Å²) in [5, 5.41) is 9.14. The highest BCUT2D eigenvalue weighted by Gasteiger charge is 1.94. The number of allylic oxidation sites excluding steroid dienone is 1. The largest absolute Gasteiger partial charge is 0.377 e. The van der Waals surface area contributed by atoms with Crippen LogP contribution in [0.15, 0.2) is 24.8 Å². The molecule has 110 valence electrons. The average molecular weight is 274 g/mol. The minimum Gasteiger partial charge on any atom is -0.377 e. The van der Waals surface area contributed by atoms with Gasteiger partial charge in [0.2, 0.25) is 0 Å². The Morgan fingerprint density at radius 3 is 2.50 bits per heavy atom. The van der Waals surface area contributed by atoms with Crippen molar-refractivity contribution in [3.05, 3.63) is 24.8 Å². The summed E-state index contributed by atoms with van der Waals surface area (Å²) in [5.74, 6) is 10.7. The maximum Gasteiger partial charge on any atom is 0.137 e. The molecule has 2 atom stereocenters. The average Bonchev–Trinajstić information content (AvgIpc) is 2.48. The van der Waals surface area contributed by atoms with Crippen LogP contribution in [-0.2, 0) is 4.74 Å². The second kappa shape index (κ2) is 13.9. The van der Waals surface area contributed by atoms with Gasteiger partial charge in [-0.1, -0.05) is 63.2 Å². The third-order valence-electron chi connectivity index (χ3n) is 2.76. The first-order valence-electron chi connectivity index (χ1n) is 7.25. The first-order chi connectivity index (χ1) is 9.74. The molecule has 0 rings (SSSR count). The second-order valence-electron chi connectivity index (χ2n) is 4.51. The van der Waals surface area contributed by atoms with Crippen LogP contribution in [0.5, 0.6) is 0 Å². The fourth-order valence-electron chi connectivity index (χ4n) is 1.55. The molecule has 20 heavy (non-hydrogen) atoms. The minimum atomic E-state index is -0.816. The molecule has 0 aliphatic heterocycles. The molecule has 0 aliphatic rings. The molecule has 0 radical (unpaired) electrons. The molecule has 0 saturated heterocycles. The lowest BCUT2D eigenvalue weighted by Crippen LogP contribution is -2.02. The van der Waals surface area contributed by atoms with Gasteiger partial charge < -0.3 is 9.84 Å². The number of aliphatic hydroxyl groups is 1. The van der Waals surface area contributed by atoms with E-state index in [-0.39, 0.29) is 6.10 Å². The van der Waals surface area contributed by atoms with E-state index in [1.807, 2.05) is 6.08 Å². The van der Waals surface area contributed by atoms with Crippen LogP contribution in [0, 0.1) is 23.7 Å². The number of methoxy groups -OCH3 is 1. The maximum absolute atomic E-state index is 9.14. The van der Waals surface area contributed by atoms with Crippen LogP contribution >= 0.6 is 0 Å². The zero-order valence-electron chi connectivity index (χ0n) is 12.7. The van der Waals surface area contributed by atoms with Gasteiger partial charge in [0, 0.05) is 7.11 Å². The van der Waals surface area contributed by atoms with Crippen molar-refractivity contribution in [1.29, 1.82) is 0 Å². The SMILES string of the molecule is C=C[C@@H](O)C#CC#C[C@H](/C=C\CCCCCCC)OC. The Bertz CT molecular complexity index is 387. The van der Waals surface area contributed by atoms with Gasteiger partial charge >= 0.3 is 0 Å². The first kappa shape index (κ1) is 18.5. The standard InChI is InChI=1S/C18H26O2/c1-4-6-7-8-9-10-11-15-18(20-3)16-13-12-14-17(19)5-2/h5,11,15,17-19H,2,4,6-10H2,1,3H3/b15-11-/t17-,18+/m1/s1. The van der Waals surface area contributed by atoms with Crippen LogP contribution in [0.1, 0.15) is 45.4 Å². The second-order valence-corrected chi connectivity index (χ2v) is 4.51. The van der Waals surface area contributed by atoms with Crippen molar-refractivity contribution < 1.29 is 9.84 Å². The van der Waals surface area contributed by atoms with Gasteiger partial charge in [-0.3, -0.25) is 0 Å². The van der Waals surface area contributed by atoms with E-state index in [4.69, 9.17) is 9.84 Å². The zero-order valence-corrected chi connectivity index (χ0v) is 12.7. The van der Waals surface area contributed by atoms with Gasteiger partial charge in [0.15, 0.2) is 0 Å². The van der Waals surface area contributed by atoms with Crippen LogP contribution in [0.2, 0.25) is 0 Å². The molecule has 0 unspecified atom stereocenters. The van der Waals surface area contributed by atoms with Crippen molar-refractivity contribution in [2.24, 2.45) is 0 Å². The summed E-state index contributed by atoms with van der Waals surface area (Å²) in [6.45, 7) is 5.65. The van der Waals surface area contributed by atoms with Crippen LogP contribution in [0.4, 0.5) is 0 Å². The van der Waals surface area contributed by atoms with Gasteiger partial charge in [0.1, 0.15) is 12.2 Å². The molecule has 2 heteroatoms. The van der Waals surface area contributed by atoms with Crippen molar-refractivity contribution in [2.45, 2.75) is 57.7 Å². The molecule has 0 aromatic rings. The summed E-state index contributed by atoms with van der Waals surface area (Å²) in [6.07, 6.45) is 11.9. The highest BCUT2D eigenvalue weighted by molar-refractivity contribution is 5.31. The van der Waals surface area contributed by atoms with Gasteiger partial charge in [-0.25, -0.2) is 0 Å². The van der Waals surface area contributed by atoms with E-state index >= 15 is 0 Å². The Labute approximate surface area is 123 Å². The lowest BCUT2D eigenvalue weighted by Gasteiger charge is -2.01. The molecule has 2 nitrogen and oxygen atoms in total. The predicted octanol–water partition coefficient (Wildman–Crippen LogP) is 3.47. The van der Waals surface area contributed by atoms with E-state index in [1.54, 1.807) is 7.11 Å². The van der Waals surface area contributed by atoms with Crippen molar-refractivity contribution in [3.8, 4) is 23.7 Å². The number of aliphatic hydroxyl groups excluding tert-OH is 1. The number of hydrogen-bond acceptors (Lipinski definition) is 2. The lowest BCUT2D eigenvalue weighted by atomic mass is 10.1. The molecule has 0 amide bonds. The normalized spacial score (nSPS) is 12.9. The van der Waals surface area contributed by atoms with Crippen LogP contribution in [0.25, 0.3) is 0 Å². The van der Waals surface area contributed by atoms with Crippen LogP contribution < -0.4 is 0 Å². The molecule has 0 heterocycles. The fourth-order valence-corrected chi connectivity index (χ4v) is 1.55. The van der Waals surface area contributed by atoms with Crippen molar-refractivity contribution in [1.82, 2.24) is 0 Å². The van der Waals surface area contributed by atoms with E-state index < -0.39 is 6.10 Å². The Morgan fingerprint density at radius 2 is 1.85 bits per heavy atom. The Morgan fingerprint density at radius 1 is 1.15 bits per heavy atom. The van der Waals surface area contributed by atoms with Gasteiger partial charge in [0.05, 0.1) is 0 Å². The number of hydrogen-bond donors (Lipinski definition) is 1. The maximum atomic E-state index is 9.14. The Balaban J connectivity index is 3.99. The topological polar surface area (TPSA) is 29.5 Å². The van der Waals surface area contributed by atoms with E-state index in [1.165, 1.54) is 38.2 Å². The molecule has 0 saturated carbocycles. The number of ether oxygens (including phenoxy) is 1. The third-order valence-corrected chi connectivity index (χ3v) is 2.76. The number of unbranched alkanes of at least 4 members (excludes halogenated alkanes) is 5. The van der Waals surface area contributed by atoms with Crippen molar-refractivity contribution in [3.63, 3.8) is 0 Å². The van der Waals surface area contributed by atoms with Gasteiger partial charge in [-0.15, -0.1) is 0 Å². The summed E-state index contributed by atoms with van der Waals surface area (Å²) in [5.41, 5.74) is 0. The van der Waals surface area contributed by atoms with E-state index in [9.17, 15) is 0 Å². The monoisotopic (exact) mass is 274 g/mol. The molecule has 1 N–H and O–H groups in total. The first-order valence-corrected chi connectivity index (χ1v) is 7.25. The molecule has 0 aromatic heterocycles. The Hall–Kier alpha value is -1.48. The summed E-state index contributed by atoms with van der Waals surface area (Å²) in [6, 6.07) is 0. The van der Waals surface area contributed by atoms with Gasteiger partial charge in [-0.2, -0.15) is 0 Å². The van der Waals surface area contributed by atoms with Crippen LogP contribution in [-0.4, -0.2) is 24.4 Å². The Kier molecular flexibility index (Phi) is 12.9. The summed E-state index contributed by atoms with van der Waals surface area (Å²) < 4.78 is 5.22. The molecular formula is C18H26O2. The van der Waals surface area contributed by atoms with Crippen molar-refractivity contribution >= 4 is 0 Å². The third kappa shape index (κ3) is 11.6. The fraction of sp³-hybridized carbons (Fsp3) is 0.556. The quantitative estimate of drug-likeness (QED) is 0.396. The molecule has 0 bridgehead atoms. The van der Waals surface area contributed by atoms with E-state index in [2.05, 4.69) is 43.3 Å². The molecule has 0 aromatic carbocycles. The predicted molar refractivity (Wildman–Crippen MR) is 85.1 cm³/mol. The summed E-state index contributed by atoms with van der Waals surface area (Å²) in [7, 11) is 1.62. The van der Waals surface area contributed by atoms with Crippen LogP contribution in [0.3, 0.4) is 0 Å². The minimum absolute atomic E-state index is 0.235. The number of rotatable bonds is 9. The highest BCUT2D eigenvalue weighted by Crippen LogP contribution is 2.05. The summed E-state index contributed by atoms with van der Waals surface area (Å²) in [4.78, 5) is 0. The smallest absolute Gasteiger partial charge is 0.137 e. The summed E-state index contributed by atoms with van der Waals surface area (Å²) >= 11 is 0. The van der Waals surface area contributed by atoms with Gasteiger partial charge in [0.25, 0.3) is 0 Å². The lowest BCUT2D eigenvalue weighted by molar-refractivity contribution is 0.184. The van der Waals surface area contributed by atoms with Crippen molar-refractivity contribution in [2.75, 3.05) is 7.11 Å². The molecule has 0 fully saturated rings. The zero-order chi connectivity index (χ0) is 15.1. The molecule has 0 aliphatic carbocycles. The van der Waals surface area contributed by atoms with E-state index in [0.717, 1.165) is 6.42 Å². The molecular weight excluding hydrogens is 248 g/mol. The van der Waals surface area contributed by atoms with E-state index in [0.29, 0.717) is 0 Å². The van der Waals surface area contributed by atoms with Gasteiger partial charge in [-0.05, 0) is 30.8 Å². The highest BCUT2D eigenvalue weighted by atomic mass is 16.5. The molecule has 0 spiro atoms.